The molecule has 0 aliphatic heterocycles. The highest BCUT2D eigenvalue weighted by Gasteiger charge is 2.05. The molecule has 6 nitrogen and oxygen atoms in total. The van der Waals surface area contributed by atoms with Crippen molar-refractivity contribution in [2.45, 2.75) is 19.4 Å². The van der Waals surface area contributed by atoms with Crippen molar-refractivity contribution < 1.29 is 13.9 Å². The predicted octanol–water partition coefficient (Wildman–Crippen LogP) is 1.30. The molecular formula is C16H26FIN4O2. The molecule has 1 amide bonds. The van der Waals surface area contributed by atoms with Gasteiger partial charge in [0.15, 0.2) is 5.96 Å². The van der Waals surface area contributed by atoms with Gasteiger partial charge in [-0.3, -0.25) is 9.79 Å². The van der Waals surface area contributed by atoms with Crippen molar-refractivity contribution in [2.24, 2.45) is 4.99 Å². The smallest absolute Gasteiger partial charge is 0.224 e. The number of methoxy groups -OCH3 is 1. The first-order valence-electron chi connectivity index (χ1n) is 7.52. The molecule has 1 unspecified atom stereocenters. The zero-order valence-corrected chi connectivity index (χ0v) is 16.6. The molecule has 0 saturated carbocycles. The van der Waals surface area contributed by atoms with Crippen molar-refractivity contribution in [3.05, 3.63) is 35.6 Å². The first-order valence-corrected chi connectivity index (χ1v) is 7.52. The summed E-state index contributed by atoms with van der Waals surface area (Å²) < 4.78 is 17.8. The molecule has 0 aliphatic carbocycles. The maximum Gasteiger partial charge on any atom is 0.224 e. The zero-order chi connectivity index (χ0) is 17.1. The van der Waals surface area contributed by atoms with Crippen LogP contribution in [-0.2, 0) is 16.0 Å². The van der Waals surface area contributed by atoms with E-state index in [1.165, 1.54) is 12.1 Å². The molecule has 0 spiro atoms. The van der Waals surface area contributed by atoms with Crippen LogP contribution in [0.5, 0.6) is 0 Å². The minimum absolute atomic E-state index is 0. The number of nitrogens with zero attached hydrogens (tertiary/aromatic N) is 1. The van der Waals surface area contributed by atoms with E-state index in [1.807, 2.05) is 6.92 Å². The lowest BCUT2D eigenvalue weighted by molar-refractivity contribution is -0.120. The summed E-state index contributed by atoms with van der Waals surface area (Å²) in [4.78, 5) is 15.9. The molecule has 0 saturated heterocycles. The number of halogens is 2. The second-order valence-electron chi connectivity index (χ2n) is 5.15. The van der Waals surface area contributed by atoms with Crippen LogP contribution in [0, 0.1) is 5.82 Å². The van der Waals surface area contributed by atoms with Gasteiger partial charge in [0, 0.05) is 33.3 Å². The Kier molecular flexibility index (Phi) is 12.2. The molecule has 0 fully saturated rings. The van der Waals surface area contributed by atoms with Gasteiger partial charge in [0.05, 0.1) is 13.0 Å². The van der Waals surface area contributed by atoms with Crippen molar-refractivity contribution >= 4 is 35.8 Å². The van der Waals surface area contributed by atoms with Crippen LogP contribution >= 0.6 is 24.0 Å². The van der Waals surface area contributed by atoms with E-state index < -0.39 is 0 Å². The van der Waals surface area contributed by atoms with Gasteiger partial charge in [-0.05, 0) is 24.6 Å². The Morgan fingerprint density at radius 3 is 2.46 bits per heavy atom. The molecule has 0 bridgehead atoms. The molecule has 136 valence electrons. The Balaban J connectivity index is 0.00000529. The summed E-state index contributed by atoms with van der Waals surface area (Å²) in [6.07, 6.45) is 0.234. The summed E-state index contributed by atoms with van der Waals surface area (Å²) in [5.41, 5.74) is 0.780. The average Bonchev–Trinajstić information content (AvgIpc) is 2.52. The van der Waals surface area contributed by atoms with Gasteiger partial charge in [-0.2, -0.15) is 0 Å². The molecule has 0 radical (unpaired) electrons. The summed E-state index contributed by atoms with van der Waals surface area (Å²) in [6.45, 7) is 3.59. The number of amides is 1. The van der Waals surface area contributed by atoms with Gasteiger partial charge in [0.2, 0.25) is 5.91 Å². The molecule has 1 aromatic rings. The Bertz CT molecular complexity index is 511. The van der Waals surface area contributed by atoms with Crippen LogP contribution in [0.25, 0.3) is 0 Å². The fourth-order valence-corrected chi connectivity index (χ4v) is 1.95. The van der Waals surface area contributed by atoms with Crippen molar-refractivity contribution in [1.29, 1.82) is 0 Å². The maximum atomic E-state index is 12.8. The van der Waals surface area contributed by atoms with Gasteiger partial charge in [-0.25, -0.2) is 4.39 Å². The number of rotatable bonds is 8. The van der Waals surface area contributed by atoms with Gasteiger partial charge in [-0.1, -0.05) is 12.1 Å². The number of hydrogen-bond donors (Lipinski definition) is 3. The lowest BCUT2D eigenvalue weighted by Gasteiger charge is -2.17. The quantitative estimate of drug-likeness (QED) is 0.241. The van der Waals surface area contributed by atoms with E-state index in [9.17, 15) is 9.18 Å². The zero-order valence-electron chi connectivity index (χ0n) is 14.3. The number of guanidine groups is 1. The molecule has 0 aromatic heterocycles. The van der Waals surface area contributed by atoms with Crippen LogP contribution in [0.4, 0.5) is 4.39 Å². The van der Waals surface area contributed by atoms with E-state index in [2.05, 4.69) is 20.9 Å². The fraction of sp³-hybridized carbons (Fsp3) is 0.500. The van der Waals surface area contributed by atoms with Gasteiger partial charge >= 0.3 is 0 Å². The van der Waals surface area contributed by atoms with Crippen molar-refractivity contribution in [3.8, 4) is 0 Å². The highest BCUT2D eigenvalue weighted by molar-refractivity contribution is 14.0. The predicted molar refractivity (Wildman–Crippen MR) is 104 cm³/mol. The summed E-state index contributed by atoms with van der Waals surface area (Å²) in [5.74, 6) is 0.247. The molecule has 1 atom stereocenters. The van der Waals surface area contributed by atoms with Crippen LogP contribution in [0.2, 0.25) is 0 Å². The largest absolute Gasteiger partial charge is 0.383 e. The number of aliphatic imine (C=N–C) groups is 1. The Labute approximate surface area is 159 Å². The third kappa shape index (κ3) is 9.66. The van der Waals surface area contributed by atoms with E-state index in [-0.39, 0.29) is 48.2 Å². The molecule has 3 N–H and O–H groups in total. The normalized spacial score (nSPS) is 12.1. The number of carbonyl (C=O) groups excluding carboxylic acids is 1. The SMILES string of the molecule is CN=C(NCCNC(=O)Cc1ccc(F)cc1)NC(C)COC.I. The third-order valence-corrected chi connectivity index (χ3v) is 3.04. The van der Waals surface area contributed by atoms with Gasteiger partial charge in [0.25, 0.3) is 0 Å². The molecule has 1 rings (SSSR count). The Hall–Kier alpha value is -1.42. The van der Waals surface area contributed by atoms with Gasteiger partial charge in [-0.15, -0.1) is 24.0 Å². The van der Waals surface area contributed by atoms with Crippen LogP contribution < -0.4 is 16.0 Å². The lowest BCUT2D eigenvalue weighted by atomic mass is 10.1. The monoisotopic (exact) mass is 452 g/mol. The lowest BCUT2D eigenvalue weighted by Crippen LogP contribution is -2.46. The Morgan fingerprint density at radius 1 is 1.25 bits per heavy atom. The molecular weight excluding hydrogens is 426 g/mol. The first-order chi connectivity index (χ1) is 11.0. The summed E-state index contributed by atoms with van der Waals surface area (Å²) in [7, 11) is 3.33. The number of benzene rings is 1. The number of hydrogen-bond acceptors (Lipinski definition) is 3. The van der Waals surface area contributed by atoms with Crippen molar-refractivity contribution in [1.82, 2.24) is 16.0 Å². The summed E-state index contributed by atoms with van der Waals surface area (Å²) in [5, 5.41) is 9.07. The minimum atomic E-state index is -0.306. The highest BCUT2D eigenvalue weighted by atomic mass is 127. The van der Waals surface area contributed by atoms with E-state index in [1.54, 1.807) is 26.3 Å². The molecule has 0 heterocycles. The third-order valence-electron chi connectivity index (χ3n) is 3.04. The summed E-state index contributed by atoms with van der Waals surface area (Å²) in [6, 6.07) is 6.05. The molecule has 0 aliphatic rings. The van der Waals surface area contributed by atoms with Crippen molar-refractivity contribution in [3.63, 3.8) is 0 Å². The summed E-state index contributed by atoms with van der Waals surface area (Å²) >= 11 is 0. The van der Waals surface area contributed by atoms with Crippen LogP contribution in [-0.4, -0.2) is 51.8 Å². The highest BCUT2D eigenvalue weighted by Crippen LogP contribution is 2.03. The van der Waals surface area contributed by atoms with E-state index in [0.717, 1.165) is 5.56 Å². The molecule has 24 heavy (non-hydrogen) atoms. The number of ether oxygens (including phenoxy) is 1. The van der Waals surface area contributed by atoms with E-state index in [0.29, 0.717) is 25.7 Å². The Morgan fingerprint density at radius 2 is 1.88 bits per heavy atom. The topological polar surface area (TPSA) is 74.8 Å². The van der Waals surface area contributed by atoms with E-state index in [4.69, 9.17) is 4.74 Å². The van der Waals surface area contributed by atoms with E-state index >= 15 is 0 Å². The maximum absolute atomic E-state index is 12.8. The number of carbonyl (C=O) groups is 1. The fourth-order valence-electron chi connectivity index (χ4n) is 1.95. The second-order valence-corrected chi connectivity index (χ2v) is 5.15. The molecule has 1 aromatic carbocycles. The first kappa shape index (κ1) is 22.6. The van der Waals surface area contributed by atoms with Crippen LogP contribution in [0.3, 0.4) is 0 Å². The minimum Gasteiger partial charge on any atom is -0.383 e. The van der Waals surface area contributed by atoms with Crippen LogP contribution in [0.15, 0.2) is 29.3 Å². The van der Waals surface area contributed by atoms with Gasteiger partial charge < -0.3 is 20.7 Å². The second kappa shape index (κ2) is 12.9. The van der Waals surface area contributed by atoms with Crippen LogP contribution in [0.1, 0.15) is 12.5 Å². The standard InChI is InChI=1S/C16H25FN4O2.HI/c1-12(11-23-3)21-16(18-2)20-9-8-19-15(22)10-13-4-6-14(17)7-5-13;/h4-7,12H,8-11H2,1-3H3,(H,19,22)(H2,18,20,21);1H. The van der Waals surface area contributed by atoms with Crippen molar-refractivity contribution in [2.75, 3.05) is 33.9 Å². The average molecular weight is 452 g/mol. The molecule has 8 heteroatoms. The number of nitrogens with one attached hydrogen (secondary N) is 3. The van der Waals surface area contributed by atoms with Gasteiger partial charge in [0.1, 0.15) is 5.82 Å².